The predicted octanol–water partition coefficient (Wildman–Crippen LogP) is -0.505. The minimum absolute atomic E-state index is 0.235. The van der Waals surface area contributed by atoms with Crippen LogP contribution in [0.1, 0.15) is 16.3 Å². The number of hydrogen-bond acceptors (Lipinski definition) is 6. The molecule has 0 radical (unpaired) electrons. The molecule has 3 heterocycles. The number of ether oxygens (including phenoxy) is 1. The topological polar surface area (TPSA) is 84.7 Å². The van der Waals surface area contributed by atoms with E-state index in [0.717, 1.165) is 38.5 Å². The smallest absolute Gasteiger partial charge is 0.289 e. The summed E-state index contributed by atoms with van der Waals surface area (Å²) in [5.41, 5.74) is 0.842. The van der Waals surface area contributed by atoms with E-state index >= 15 is 0 Å². The van der Waals surface area contributed by atoms with E-state index < -0.39 is 0 Å². The maximum Gasteiger partial charge on any atom is 0.289 e. The molecule has 8 nitrogen and oxygen atoms in total. The molecule has 1 aliphatic heterocycles. The number of fused-ring (bicyclic) bond motifs is 1. The molecular weight excluding hydrogens is 272 g/mol. The van der Waals surface area contributed by atoms with Crippen molar-refractivity contribution in [2.75, 3.05) is 39.4 Å². The van der Waals surface area contributed by atoms with Gasteiger partial charge >= 0.3 is 0 Å². The van der Waals surface area contributed by atoms with Crippen molar-refractivity contribution in [3.05, 3.63) is 23.8 Å². The second-order valence-electron chi connectivity index (χ2n) is 4.97. The lowest BCUT2D eigenvalue weighted by Gasteiger charge is -2.26. The van der Waals surface area contributed by atoms with Crippen molar-refractivity contribution in [3.8, 4) is 0 Å². The highest BCUT2D eigenvalue weighted by Gasteiger charge is 2.15. The minimum Gasteiger partial charge on any atom is -0.379 e. The van der Waals surface area contributed by atoms with Gasteiger partial charge in [0.05, 0.1) is 13.2 Å². The van der Waals surface area contributed by atoms with Gasteiger partial charge in [0.2, 0.25) is 5.82 Å². The third-order valence-electron chi connectivity index (χ3n) is 3.44. The van der Waals surface area contributed by atoms with Gasteiger partial charge in [-0.1, -0.05) is 0 Å². The number of morpholine rings is 1. The first-order chi connectivity index (χ1) is 10.2. The van der Waals surface area contributed by atoms with Crippen LogP contribution in [0, 0.1) is 6.92 Å². The normalized spacial score (nSPS) is 16.2. The Morgan fingerprint density at radius 2 is 2.19 bits per heavy atom. The Balaban J connectivity index is 1.59. The van der Waals surface area contributed by atoms with Crippen molar-refractivity contribution in [3.63, 3.8) is 0 Å². The highest BCUT2D eigenvalue weighted by molar-refractivity contribution is 5.91. The van der Waals surface area contributed by atoms with E-state index in [9.17, 15) is 4.79 Å². The van der Waals surface area contributed by atoms with Crippen molar-refractivity contribution in [1.82, 2.24) is 29.8 Å². The van der Waals surface area contributed by atoms with Crippen molar-refractivity contribution >= 4 is 11.7 Å². The van der Waals surface area contributed by atoms with Crippen molar-refractivity contribution in [2.45, 2.75) is 6.92 Å². The van der Waals surface area contributed by atoms with Gasteiger partial charge in [0.1, 0.15) is 0 Å². The summed E-state index contributed by atoms with van der Waals surface area (Å²) < 4.78 is 6.88. The average molecular weight is 290 g/mol. The molecule has 0 bridgehead atoms. The molecule has 0 saturated carbocycles. The number of aryl methyl sites for hydroxylation is 1. The fourth-order valence-electron chi connectivity index (χ4n) is 2.26. The van der Waals surface area contributed by atoms with Gasteiger partial charge < -0.3 is 10.1 Å². The number of nitrogens with one attached hydrogen (secondary N) is 1. The molecule has 1 amide bonds. The summed E-state index contributed by atoms with van der Waals surface area (Å²) in [6.07, 6.45) is 1.76. The molecule has 1 aliphatic rings. The van der Waals surface area contributed by atoms with Crippen LogP contribution in [0.25, 0.3) is 5.78 Å². The van der Waals surface area contributed by atoms with E-state index in [1.165, 1.54) is 0 Å². The molecule has 1 saturated heterocycles. The van der Waals surface area contributed by atoms with Gasteiger partial charge in [-0.15, -0.1) is 10.2 Å². The third-order valence-corrected chi connectivity index (χ3v) is 3.44. The highest BCUT2D eigenvalue weighted by Crippen LogP contribution is 2.02. The van der Waals surface area contributed by atoms with Crippen molar-refractivity contribution in [2.24, 2.45) is 0 Å². The SMILES string of the molecule is Cc1ccn2c(C(=O)NCCN3CCOCC3)nnc2n1. The number of amides is 1. The van der Waals surface area contributed by atoms with E-state index in [1.54, 1.807) is 10.6 Å². The molecule has 0 atom stereocenters. The van der Waals surface area contributed by atoms with Gasteiger partial charge in [-0.2, -0.15) is 0 Å². The molecule has 2 aromatic heterocycles. The van der Waals surface area contributed by atoms with Crippen LogP contribution in [0.4, 0.5) is 0 Å². The summed E-state index contributed by atoms with van der Waals surface area (Å²) in [6, 6.07) is 1.82. The predicted molar refractivity (Wildman–Crippen MR) is 75.1 cm³/mol. The molecule has 0 aromatic carbocycles. The van der Waals surface area contributed by atoms with E-state index in [-0.39, 0.29) is 11.7 Å². The molecule has 1 N–H and O–H groups in total. The number of rotatable bonds is 4. The Morgan fingerprint density at radius 1 is 1.38 bits per heavy atom. The zero-order valence-corrected chi connectivity index (χ0v) is 11.9. The van der Waals surface area contributed by atoms with E-state index in [0.29, 0.717) is 12.3 Å². The van der Waals surface area contributed by atoms with Gasteiger partial charge in [-0.25, -0.2) is 4.98 Å². The van der Waals surface area contributed by atoms with Gasteiger partial charge in [0.25, 0.3) is 11.7 Å². The number of carbonyl (C=O) groups is 1. The average Bonchev–Trinajstić information content (AvgIpc) is 2.91. The first-order valence-electron chi connectivity index (χ1n) is 7.01. The fraction of sp³-hybridized carbons (Fsp3) is 0.538. The van der Waals surface area contributed by atoms with Crippen LogP contribution in [-0.4, -0.2) is 69.8 Å². The number of carbonyl (C=O) groups excluding carboxylic acids is 1. The van der Waals surface area contributed by atoms with Crippen LogP contribution in [0.2, 0.25) is 0 Å². The lowest BCUT2D eigenvalue weighted by molar-refractivity contribution is 0.0383. The monoisotopic (exact) mass is 290 g/mol. The maximum absolute atomic E-state index is 12.1. The molecule has 3 rings (SSSR count). The van der Waals surface area contributed by atoms with Gasteiger partial charge in [0.15, 0.2) is 0 Å². The van der Waals surface area contributed by atoms with Crippen LogP contribution in [0.3, 0.4) is 0 Å². The zero-order valence-electron chi connectivity index (χ0n) is 11.9. The number of nitrogens with zero attached hydrogens (tertiary/aromatic N) is 5. The summed E-state index contributed by atoms with van der Waals surface area (Å²) in [5, 5.41) is 10.7. The van der Waals surface area contributed by atoms with E-state index in [2.05, 4.69) is 25.4 Å². The molecule has 8 heteroatoms. The summed E-state index contributed by atoms with van der Waals surface area (Å²) >= 11 is 0. The lowest BCUT2D eigenvalue weighted by Crippen LogP contribution is -2.41. The Kier molecular flexibility index (Phi) is 4.07. The molecule has 21 heavy (non-hydrogen) atoms. The third kappa shape index (κ3) is 3.17. The van der Waals surface area contributed by atoms with Crippen LogP contribution in [-0.2, 0) is 4.74 Å². The molecule has 0 aliphatic carbocycles. The Bertz CT molecular complexity index is 635. The van der Waals surface area contributed by atoms with Crippen molar-refractivity contribution < 1.29 is 9.53 Å². The lowest BCUT2D eigenvalue weighted by atomic mass is 10.4. The summed E-state index contributed by atoms with van der Waals surface area (Å²) in [5.74, 6) is 0.467. The second-order valence-corrected chi connectivity index (χ2v) is 4.97. The summed E-state index contributed by atoms with van der Waals surface area (Å²) in [6.45, 7) is 6.59. The second kappa shape index (κ2) is 6.15. The molecule has 2 aromatic rings. The summed E-state index contributed by atoms with van der Waals surface area (Å²) in [7, 11) is 0. The number of hydrogen-bond donors (Lipinski definition) is 1. The summed E-state index contributed by atoms with van der Waals surface area (Å²) in [4.78, 5) is 18.6. The van der Waals surface area contributed by atoms with Gasteiger partial charge in [-0.3, -0.25) is 14.1 Å². The highest BCUT2D eigenvalue weighted by atomic mass is 16.5. The zero-order chi connectivity index (χ0) is 14.7. The van der Waals surface area contributed by atoms with Gasteiger partial charge in [0, 0.05) is 38.1 Å². The van der Waals surface area contributed by atoms with Gasteiger partial charge in [-0.05, 0) is 13.0 Å². The van der Waals surface area contributed by atoms with E-state index in [1.807, 2.05) is 13.0 Å². The molecule has 1 fully saturated rings. The Hall–Kier alpha value is -2.06. The van der Waals surface area contributed by atoms with E-state index in [4.69, 9.17) is 4.74 Å². The quantitative estimate of drug-likeness (QED) is 0.817. The Morgan fingerprint density at radius 3 is 3.00 bits per heavy atom. The maximum atomic E-state index is 12.1. The first-order valence-corrected chi connectivity index (χ1v) is 7.01. The van der Waals surface area contributed by atoms with Crippen LogP contribution in [0.5, 0.6) is 0 Å². The largest absolute Gasteiger partial charge is 0.379 e. The molecule has 0 unspecified atom stereocenters. The molecule has 0 spiro atoms. The Labute approximate surface area is 122 Å². The van der Waals surface area contributed by atoms with Crippen molar-refractivity contribution in [1.29, 1.82) is 0 Å². The van der Waals surface area contributed by atoms with Crippen LogP contribution < -0.4 is 5.32 Å². The number of aromatic nitrogens is 4. The molecule has 112 valence electrons. The standard InChI is InChI=1S/C13H18N6O2/c1-10-2-4-19-11(16-17-13(19)15-10)12(20)14-3-5-18-6-8-21-9-7-18/h2,4H,3,5-9H2,1H3,(H,14,20). The molecular formula is C13H18N6O2. The fourth-order valence-corrected chi connectivity index (χ4v) is 2.26. The first kappa shape index (κ1) is 13.9. The minimum atomic E-state index is -0.235. The van der Waals surface area contributed by atoms with Crippen LogP contribution >= 0.6 is 0 Å². The van der Waals surface area contributed by atoms with Crippen LogP contribution in [0.15, 0.2) is 12.3 Å².